The van der Waals surface area contributed by atoms with E-state index < -0.39 is 0 Å². The number of benzene rings is 1. The molecule has 0 aliphatic heterocycles. The molecule has 1 aromatic carbocycles. The van der Waals surface area contributed by atoms with E-state index >= 15 is 0 Å². The predicted molar refractivity (Wildman–Crippen MR) is 78.7 cm³/mol. The predicted octanol–water partition coefficient (Wildman–Crippen LogP) is 3.61. The first-order valence-electron chi connectivity index (χ1n) is 6.97. The highest BCUT2D eigenvalue weighted by Gasteiger charge is 2.20. The van der Waals surface area contributed by atoms with Crippen molar-refractivity contribution in [3.63, 3.8) is 0 Å². The summed E-state index contributed by atoms with van der Waals surface area (Å²) >= 11 is 0. The number of imidazole rings is 1. The zero-order chi connectivity index (χ0) is 14.7. The van der Waals surface area contributed by atoms with E-state index in [-0.39, 0.29) is 17.9 Å². The van der Waals surface area contributed by atoms with Crippen LogP contribution in [0.15, 0.2) is 36.7 Å². The molecule has 0 saturated heterocycles. The summed E-state index contributed by atoms with van der Waals surface area (Å²) in [4.78, 5) is 4.38. The molecule has 2 aromatic rings. The minimum atomic E-state index is -0.201. The summed E-state index contributed by atoms with van der Waals surface area (Å²) in [5.74, 6) is 1.20. The first kappa shape index (κ1) is 14.7. The van der Waals surface area contributed by atoms with E-state index in [4.69, 9.17) is 0 Å². The van der Waals surface area contributed by atoms with Crippen LogP contribution >= 0.6 is 0 Å². The minimum Gasteiger partial charge on any atom is -0.337 e. The zero-order valence-electron chi connectivity index (χ0n) is 12.5. The third kappa shape index (κ3) is 3.25. The zero-order valence-corrected chi connectivity index (χ0v) is 12.5. The monoisotopic (exact) mass is 275 g/mol. The van der Waals surface area contributed by atoms with E-state index in [1.54, 1.807) is 6.20 Å². The van der Waals surface area contributed by atoms with Crippen LogP contribution < -0.4 is 5.32 Å². The Morgan fingerprint density at radius 3 is 2.30 bits per heavy atom. The molecule has 0 bridgehead atoms. The largest absolute Gasteiger partial charge is 0.337 e. The van der Waals surface area contributed by atoms with Crippen molar-refractivity contribution >= 4 is 0 Å². The highest BCUT2D eigenvalue weighted by atomic mass is 19.1. The molecular formula is C16H22FN3. The van der Waals surface area contributed by atoms with Gasteiger partial charge in [0.2, 0.25) is 0 Å². The standard InChI is InChI=1S/C16H22FN3/c1-11(2)15(13-5-7-14(17)8-6-13)19-12(3)16-18-9-10-20(16)4/h5-12,15,19H,1-4H3. The summed E-state index contributed by atoms with van der Waals surface area (Å²) in [6.45, 7) is 6.42. The second kappa shape index (κ2) is 6.18. The summed E-state index contributed by atoms with van der Waals surface area (Å²) in [5, 5.41) is 3.59. The van der Waals surface area contributed by atoms with Crippen molar-refractivity contribution in [3.05, 3.63) is 53.9 Å². The van der Waals surface area contributed by atoms with Gasteiger partial charge in [0.05, 0.1) is 6.04 Å². The molecular weight excluding hydrogens is 253 g/mol. The van der Waals surface area contributed by atoms with E-state index in [2.05, 4.69) is 31.1 Å². The maximum atomic E-state index is 13.1. The Morgan fingerprint density at radius 2 is 1.80 bits per heavy atom. The molecule has 4 heteroatoms. The van der Waals surface area contributed by atoms with Crippen LogP contribution in [0.2, 0.25) is 0 Å². The van der Waals surface area contributed by atoms with Crippen LogP contribution in [0.1, 0.15) is 44.2 Å². The number of nitrogens with one attached hydrogen (secondary N) is 1. The van der Waals surface area contributed by atoms with Gasteiger partial charge in [0.15, 0.2) is 0 Å². The Hall–Kier alpha value is -1.68. The fraction of sp³-hybridized carbons (Fsp3) is 0.438. The fourth-order valence-corrected chi connectivity index (χ4v) is 2.48. The van der Waals surface area contributed by atoms with Crippen LogP contribution in [-0.4, -0.2) is 9.55 Å². The Kier molecular flexibility index (Phi) is 4.55. The van der Waals surface area contributed by atoms with Crippen molar-refractivity contribution in [2.75, 3.05) is 0 Å². The molecule has 3 nitrogen and oxygen atoms in total. The van der Waals surface area contributed by atoms with Gasteiger partial charge in [0.25, 0.3) is 0 Å². The van der Waals surface area contributed by atoms with Gasteiger partial charge in [-0.3, -0.25) is 0 Å². The number of hydrogen-bond donors (Lipinski definition) is 1. The molecule has 2 rings (SSSR count). The van der Waals surface area contributed by atoms with Gasteiger partial charge in [0.1, 0.15) is 11.6 Å². The SMILES string of the molecule is CC(NC(c1ccc(F)cc1)C(C)C)c1nccn1C. The highest BCUT2D eigenvalue weighted by molar-refractivity contribution is 5.21. The lowest BCUT2D eigenvalue weighted by molar-refractivity contribution is 0.363. The first-order chi connectivity index (χ1) is 9.49. The van der Waals surface area contributed by atoms with Gasteiger partial charge in [-0.2, -0.15) is 0 Å². The van der Waals surface area contributed by atoms with Gasteiger partial charge in [-0.15, -0.1) is 0 Å². The Labute approximate surface area is 119 Å². The van der Waals surface area contributed by atoms with Crippen molar-refractivity contribution < 1.29 is 4.39 Å². The summed E-state index contributed by atoms with van der Waals surface area (Å²) in [6.07, 6.45) is 3.74. The lowest BCUT2D eigenvalue weighted by Gasteiger charge is -2.26. The van der Waals surface area contributed by atoms with Gasteiger partial charge in [-0.05, 0) is 30.5 Å². The smallest absolute Gasteiger partial charge is 0.125 e. The van der Waals surface area contributed by atoms with Crippen molar-refractivity contribution in [1.29, 1.82) is 0 Å². The molecule has 0 radical (unpaired) electrons. The number of hydrogen-bond acceptors (Lipinski definition) is 2. The average molecular weight is 275 g/mol. The van der Waals surface area contributed by atoms with Crippen LogP contribution in [0, 0.1) is 11.7 Å². The molecule has 1 heterocycles. The molecule has 0 aliphatic carbocycles. The summed E-state index contributed by atoms with van der Waals surface area (Å²) in [5.41, 5.74) is 1.10. The van der Waals surface area contributed by atoms with Crippen LogP contribution in [0.3, 0.4) is 0 Å². The van der Waals surface area contributed by atoms with Gasteiger partial charge in [-0.25, -0.2) is 9.37 Å². The molecule has 0 amide bonds. The Balaban J connectivity index is 2.18. The quantitative estimate of drug-likeness (QED) is 0.903. The molecule has 0 spiro atoms. The number of halogens is 1. The molecule has 1 N–H and O–H groups in total. The lowest BCUT2D eigenvalue weighted by Crippen LogP contribution is -2.29. The van der Waals surface area contributed by atoms with Gasteiger partial charge < -0.3 is 9.88 Å². The number of aromatic nitrogens is 2. The van der Waals surface area contributed by atoms with Crippen molar-refractivity contribution in [3.8, 4) is 0 Å². The van der Waals surface area contributed by atoms with Crippen molar-refractivity contribution in [2.45, 2.75) is 32.9 Å². The van der Waals surface area contributed by atoms with E-state index in [1.807, 2.05) is 29.9 Å². The number of rotatable bonds is 5. The normalized spacial score (nSPS) is 14.5. The first-order valence-corrected chi connectivity index (χ1v) is 6.97. The second-order valence-corrected chi connectivity index (χ2v) is 5.56. The van der Waals surface area contributed by atoms with Gasteiger partial charge in [0, 0.05) is 25.5 Å². The van der Waals surface area contributed by atoms with Crippen LogP contribution in [-0.2, 0) is 7.05 Å². The minimum absolute atomic E-state index is 0.132. The fourth-order valence-electron chi connectivity index (χ4n) is 2.48. The maximum absolute atomic E-state index is 13.1. The van der Waals surface area contributed by atoms with Gasteiger partial charge in [-0.1, -0.05) is 26.0 Å². The molecule has 2 atom stereocenters. The van der Waals surface area contributed by atoms with Crippen LogP contribution in [0.5, 0.6) is 0 Å². The summed E-state index contributed by atoms with van der Waals surface area (Å²) in [7, 11) is 1.99. The molecule has 0 saturated carbocycles. The molecule has 1 aromatic heterocycles. The highest BCUT2D eigenvalue weighted by Crippen LogP contribution is 2.25. The van der Waals surface area contributed by atoms with E-state index in [0.29, 0.717) is 5.92 Å². The number of nitrogens with zero attached hydrogens (tertiary/aromatic N) is 2. The molecule has 2 unspecified atom stereocenters. The van der Waals surface area contributed by atoms with E-state index in [9.17, 15) is 4.39 Å². The van der Waals surface area contributed by atoms with Crippen molar-refractivity contribution in [1.82, 2.24) is 14.9 Å². The van der Waals surface area contributed by atoms with Crippen LogP contribution in [0.4, 0.5) is 4.39 Å². The van der Waals surface area contributed by atoms with Crippen molar-refractivity contribution in [2.24, 2.45) is 13.0 Å². The van der Waals surface area contributed by atoms with E-state index in [0.717, 1.165) is 11.4 Å². The number of aryl methyl sites for hydroxylation is 1. The molecule has 0 aliphatic rings. The van der Waals surface area contributed by atoms with E-state index in [1.165, 1.54) is 12.1 Å². The van der Waals surface area contributed by atoms with Crippen LogP contribution in [0.25, 0.3) is 0 Å². The topological polar surface area (TPSA) is 29.9 Å². The summed E-state index contributed by atoms with van der Waals surface area (Å²) in [6, 6.07) is 7.01. The summed E-state index contributed by atoms with van der Waals surface area (Å²) < 4.78 is 15.1. The third-order valence-corrected chi connectivity index (χ3v) is 3.57. The third-order valence-electron chi connectivity index (χ3n) is 3.57. The maximum Gasteiger partial charge on any atom is 0.125 e. The Bertz CT molecular complexity index is 545. The Morgan fingerprint density at radius 1 is 1.15 bits per heavy atom. The molecule has 20 heavy (non-hydrogen) atoms. The second-order valence-electron chi connectivity index (χ2n) is 5.56. The lowest BCUT2D eigenvalue weighted by atomic mass is 9.95. The molecule has 108 valence electrons. The molecule has 0 fully saturated rings. The van der Waals surface area contributed by atoms with Gasteiger partial charge >= 0.3 is 0 Å². The average Bonchev–Trinajstić information content (AvgIpc) is 2.83.